The molecule has 1 atom stereocenters. The summed E-state index contributed by atoms with van der Waals surface area (Å²) in [5, 5.41) is 13.2. The maximum Gasteiger partial charge on any atom is 0.302 e. The third-order valence-electron chi connectivity index (χ3n) is 4.06. The summed E-state index contributed by atoms with van der Waals surface area (Å²) in [6.07, 6.45) is 0. The summed E-state index contributed by atoms with van der Waals surface area (Å²) in [4.78, 5) is 28.6. The van der Waals surface area contributed by atoms with Crippen LogP contribution in [0.25, 0.3) is 0 Å². The lowest BCUT2D eigenvalue weighted by molar-refractivity contribution is -0.144. The number of aliphatic imine (C=N–C) groups is 1. The van der Waals surface area contributed by atoms with E-state index in [9.17, 15) is 14.7 Å². The number of benzene rings is 2. The van der Waals surface area contributed by atoms with Crippen LogP contribution in [-0.2, 0) is 14.3 Å². The molecule has 0 unspecified atom stereocenters. The zero-order valence-electron chi connectivity index (χ0n) is 14.0. The zero-order valence-corrected chi connectivity index (χ0v) is 14.8. The van der Waals surface area contributed by atoms with Crippen LogP contribution in [0.1, 0.15) is 18.1 Å². The van der Waals surface area contributed by atoms with Crippen LogP contribution in [0.5, 0.6) is 0 Å². The second-order valence-corrected chi connectivity index (χ2v) is 6.38. The highest BCUT2D eigenvalue weighted by atomic mass is 35.5. The van der Waals surface area contributed by atoms with Gasteiger partial charge in [-0.05, 0) is 18.2 Å². The molecule has 0 saturated heterocycles. The molecule has 26 heavy (non-hydrogen) atoms. The first-order chi connectivity index (χ1) is 12.4. The Bertz CT molecular complexity index is 882. The van der Waals surface area contributed by atoms with Gasteiger partial charge in [0.2, 0.25) is 0 Å². The molecule has 7 heteroatoms. The SMILES string of the molecule is CC(=O)OC[C@@]1(CO)N=C(c2ccccc2)c2cc(Cl)ccc2NC1=O. The molecule has 0 saturated carbocycles. The van der Waals surface area contributed by atoms with Gasteiger partial charge in [-0.1, -0.05) is 41.9 Å². The van der Waals surface area contributed by atoms with Crippen molar-refractivity contribution in [2.75, 3.05) is 18.5 Å². The van der Waals surface area contributed by atoms with Crippen LogP contribution >= 0.6 is 11.6 Å². The quantitative estimate of drug-likeness (QED) is 0.807. The molecule has 2 N–H and O–H groups in total. The number of amides is 1. The average Bonchev–Trinajstić information content (AvgIpc) is 2.76. The van der Waals surface area contributed by atoms with Crippen molar-refractivity contribution < 1.29 is 19.4 Å². The topological polar surface area (TPSA) is 88.0 Å². The van der Waals surface area contributed by atoms with Gasteiger partial charge in [0, 0.05) is 23.1 Å². The molecule has 2 aromatic carbocycles. The van der Waals surface area contributed by atoms with E-state index < -0.39 is 24.0 Å². The van der Waals surface area contributed by atoms with Crippen molar-refractivity contribution in [1.82, 2.24) is 0 Å². The first kappa shape index (κ1) is 18.1. The fourth-order valence-corrected chi connectivity index (χ4v) is 2.84. The molecule has 134 valence electrons. The molecule has 0 aromatic heterocycles. The third kappa shape index (κ3) is 3.47. The Hall–Kier alpha value is -2.70. The summed E-state index contributed by atoms with van der Waals surface area (Å²) in [5.41, 5.74) is 0.702. The number of hydrogen-bond donors (Lipinski definition) is 2. The summed E-state index contributed by atoms with van der Waals surface area (Å²) in [5.74, 6) is -1.12. The van der Waals surface area contributed by atoms with Crippen LogP contribution in [0, 0.1) is 0 Å². The minimum atomic E-state index is -1.65. The van der Waals surface area contributed by atoms with Crippen molar-refractivity contribution in [3.8, 4) is 0 Å². The number of fused-ring (bicyclic) bond motifs is 1. The minimum absolute atomic E-state index is 0.372. The largest absolute Gasteiger partial charge is 0.463 e. The average molecular weight is 373 g/mol. The number of benzodiazepines with no additional fused rings is 1. The van der Waals surface area contributed by atoms with Gasteiger partial charge in [-0.25, -0.2) is 0 Å². The number of ether oxygens (including phenoxy) is 1. The summed E-state index contributed by atoms with van der Waals surface area (Å²) in [7, 11) is 0. The number of hydrogen-bond acceptors (Lipinski definition) is 5. The molecule has 1 amide bonds. The number of aliphatic hydroxyl groups is 1. The Morgan fingerprint density at radius 1 is 1.27 bits per heavy atom. The summed E-state index contributed by atoms with van der Waals surface area (Å²) in [6, 6.07) is 14.3. The normalized spacial score (nSPS) is 19.0. The van der Waals surface area contributed by atoms with Crippen molar-refractivity contribution >= 4 is 34.9 Å². The van der Waals surface area contributed by atoms with E-state index >= 15 is 0 Å². The van der Waals surface area contributed by atoms with Crippen LogP contribution in [0.2, 0.25) is 5.02 Å². The third-order valence-corrected chi connectivity index (χ3v) is 4.29. The van der Waals surface area contributed by atoms with E-state index in [0.29, 0.717) is 22.0 Å². The van der Waals surface area contributed by atoms with Gasteiger partial charge in [-0.15, -0.1) is 0 Å². The van der Waals surface area contributed by atoms with E-state index in [2.05, 4.69) is 10.3 Å². The first-order valence-electron chi connectivity index (χ1n) is 7.96. The minimum Gasteiger partial charge on any atom is -0.463 e. The number of nitrogens with one attached hydrogen (secondary N) is 1. The Morgan fingerprint density at radius 3 is 2.65 bits per heavy atom. The standard InChI is InChI=1S/C19H17ClN2O4/c1-12(24)26-11-19(10-23)18(25)21-16-8-7-14(20)9-15(16)17(22-19)13-5-3-2-4-6-13/h2-9,23H,10-11H2,1H3,(H,21,25)/t19-/m1/s1. The van der Waals surface area contributed by atoms with Gasteiger partial charge < -0.3 is 15.2 Å². The van der Waals surface area contributed by atoms with Crippen LogP contribution < -0.4 is 5.32 Å². The Labute approximate surface area is 155 Å². The van der Waals surface area contributed by atoms with Gasteiger partial charge in [0.05, 0.1) is 18.0 Å². The van der Waals surface area contributed by atoms with Crippen LogP contribution in [-0.4, -0.2) is 41.4 Å². The number of carbonyl (C=O) groups excluding carboxylic acids is 2. The van der Waals surface area contributed by atoms with Crippen LogP contribution in [0.4, 0.5) is 5.69 Å². The van der Waals surface area contributed by atoms with Crippen LogP contribution in [0.3, 0.4) is 0 Å². The van der Waals surface area contributed by atoms with Crippen molar-refractivity contribution in [2.24, 2.45) is 4.99 Å². The number of nitrogens with zero attached hydrogens (tertiary/aromatic N) is 1. The highest BCUT2D eigenvalue weighted by Crippen LogP contribution is 2.30. The Morgan fingerprint density at radius 2 is 2.00 bits per heavy atom. The number of esters is 1. The van der Waals surface area contributed by atoms with E-state index in [1.807, 2.05) is 30.3 Å². The van der Waals surface area contributed by atoms with E-state index in [1.54, 1.807) is 18.2 Å². The number of carbonyl (C=O) groups is 2. The van der Waals surface area contributed by atoms with Gasteiger partial charge in [-0.2, -0.15) is 0 Å². The molecule has 6 nitrogen and oxygen atoms in total. The van der Waals surface area contributed by atoms with Gasteiger partial charge >= 0.3 is 5.97 Å². The second-order valence-electron chi connectivity index (χ2n) is 5.94. The molecule has 0 spiro atoms. The van der Waals surface area contributed by atoms with Gasteiger partial charge in [0.1, 0.15) is 6.61 Å². The molecule has 3 rings (SSSR count). The molecule has 0 radical (unpaired) electrons. The second kappa shape index (κ2) is 7.27. The maximum atomic E-state index is 12.8. The van der Waals surface area contributed by atoms with Crippen molar-refractivity contribution in [3.63, 3.8) is 0 Å². The maximum absolute atomic E-state index is 12.8. The van der Waals surface area contributed by atoms with Gasteiger partial charge in [0.25, 0.3) is 5.91 Å². The number of rotatable bonds is 4. The Balaban J connectivity index is 2.22. The molecule has 1 heterocycles. The fraction of sp³-hybridized carbons (Fsp3) is 0.211. The van der Waals surface area contributed by atoms with Crippen molar-refractivity contribution in [2.45, 2.75) is 12.5 Å². The molecule has 1 aliphatic rings. The van der Waals surface area contributed by atoms with E-state index in [-0.39, 0.29) is 6.61 Å². The van der Waals surface area contributed by atoms with E-state index in [1.165, 1.54) is 6.92 Å². The van der Waals surface area contributed by atoms with Crippen LogP contribution in [0.15, 0.2) is 53.5 Å². The Kier molecular flexibility index (Phi) is 5.06. The number of halogens is 1. The predicted octanol–water partition coefficient (Wildman–Crippen LogP) is 2.42. The predicted molar refractivity (Wildman–Crippen MR) is 98.6 cm³/mol. The molecule has 1 aliphatic heterocycles. The molecule has 0 fully saturated rings. The highest BCUT2D eigenvalue weighted by Gasteiger charge is 2.42. The summed E-state index contributed by atoms with van der Waals surface area (Å²) >= 11 is 6.14. The smallest absolute Gasteiger partial charge is 0.302 e. The number of aliphatic hydroxyl groups excluding tert-OH is 1. The lowest BCUT2D eigenvalue weighted by Crippen LogP contribution is -2.48. The first-order valence-corrected chi connectivity index (χ1v) is 8.34. The van der Waals surface area contributed by atoms with Crippen molar-refractivity contribution in [3.05, 3.63) is 64.7 Å². The fourth-order valence-electron chi connectivity index (χ4n) is 2.67. The van der Waals surface area contributed by atoms with Crippen molar-refractivity contribution in [1.29, 1.82) is 0 Å². The molecular formula is C19H17ClN2O4. The molecular weight excluding hydrogens is 356 g/mol. The number of anilines is 1. The molecule has 0 bridgehead atoms. The molecule has 2 aromatic rings. The lowest BCUT2D eigenvalue weighted by Gasteiger charge is -2.25. The van der Waals surface area contributed by atoms with Gasteiger partial charge in [0.15, 0.2) is 5.54 Å². The monoisotopic (exact) mass is 372 g/mol. The highest BCUT2D eigenvalue weighted by molar-refractivity contribution is 6.32. The zero-order chi connectivity index (χ0) is 18.7. The van der Waals surface area contributed by atoms with Gasteiger partial charge in [-0.3, -0.25) is 14.6 Å². The van der Waals surface area contributed by atoms with E-state index in [4.69, 9.17) is 16.3 Å². The summed E-state index contributed by atoms with van der Waals surface area (Å²) < 4.78 is 5.02. The molecule has 0 aliphatic carbocycles. The summed E-state index contributed by atoms with van der Waals surface area (Å²) in [6.45, 7) is 0.239. The van der Waals surface area contributed by atoms with E-state index in [0.717, 1.165) is 5.56 Å². The lowest BCUT2D eigenvalue weighted by atomic mass is 9.99.